The molecular weight excluding hydrogens is 382 g/mol. The lowest BCUT2D eigenvalue weighted by Crippen LogP contribution is -2.52. The van der Waals surface area contributed by atoms with Gasteiger partial charge in [-0.25, -0.2) is 0 Å². The molecule has 5 rings (SSSR count). The van der Waals surface area contributed by atoms with Gasteiger partial charge < -0.3 is 10.2 Å². The fourth-order valence-electron chi connectivity index (χ4n) is 4.66. The maximum absolute atomic E-state index is 12.9. The molecule has 0 bridgehead atoms. The van der Waals surface area contributed by atoms with Gasteiger partial charge in [0.05, 0.1) is 6.04 Å². The van der Waals surface area contributed by atoms with Crippen molar-refractivity contribution in [3.8, 4) is 0 Å². The number of benzene rings is 2. The summed E-state index contributed by atoms with van der Waals surface area (Å²) in [7, 11) is 0. The third kappa shape index (κ3) is 3.07. The van der Waals surface area contributed by atoms with Crippen LogP contribution in [0.3, 0.4) is 0 Å². The van der Waals surface area contributed by atoms with Crippen LogP contribution in [0, 0.1) is 0 Å². The van der Waals surface area contributed by atoms with Gasteiger partial charge in [-0.05, 0) is 54.2 Å². The van der Waals surface area contributed by atoms with E-state index in [2.05, 4.69) is 16.7 Å². The maximum Gasteiger partial charge on any atom is 0.255 e. The largest absolute Gasteiger partial charge is 0.345 e. The molecule has 1 fully saturated rings. The number of piperidine rings is 1. The number of carbonyl (C=O) groups excluding carboxylic acids is 4. The average Bonchev–Trinajstić information content (AvgIpc) is 3.29. The van der Waals surface area contributed by atoms with Crippen molar-refractivity contribution < 1.29 is 19.2 Å². The number of hydrogen-bond donors (Lipinski definition) is 2. The van der Waals surface area contributed by atoms with Crippen LogP contribution in [0.2, 0.25) is 0 Å². The molecule has 152 valence electrons. The Balaban J connectivity index is 1.33. The number of hydrogen-bond acceptors (Lipinski definition) is 4. The van der Waals surface area contributed by atoms with Gasteiger partial charge in [0.2, 0.25) is 11.8 Å². The Morgan fingerprint density at radius 2 is 1.83 bits per heavy atom. The minimum atomic E-state index is -0.658. The Labute approximate surface area is 173 Å². The first-order chi connectivity index (χ1) is 14.5. The molecule has 1 unspecified atom stereocenters. The van der Waals surface area contributed by atoms with Gasteiger partial charge in [0.25, 0.3) is 11.8 Å². The zero-order valence-corrected chi connectivity index (χ0v) is 16.3. The number of aryl methyl sites for hydroxylation is 1. The third-order valence-electron chi connectivity index (χ3n) is 6.22. The zero-order chi connectivity index (χ0) is 20.8. The molecule has 3 aliphatic rings. The van der Waals surface area contributed by atoms with Gasteiger partial charge >= 0.3 is 0 Å². The molecule has 2 heterocycles. The number of amides is 4. The van der Waals surface area contributed by atoms with E-state index >= 15 is 0 Å². The smallest absolute Gasteiger partial charge is 0.255 e. The quantitative estimate of drug-likeness (QED) is 0.765. The van der Waals surface area contributed by atoms with Crippen LogP contribution in [0.1, 0.15) is 62.7 Å². The molecule has 30 heavy (non-hydrogen) atoms. The van der Waals surface area contributed by atoms with Crippen LogP contribution in [0.15, 0.2) is 42.5 Å². The lowest BCUT2D eigenvalue weighted by Gasteiger charge is -2.29. The summed E-state index contributed by atoms with van der Waals surface area (Å²) < 4.78 is 0. The Kier molecular flexibility index (Phi) is 4.38. The van der Waals surface area contributed by atoms with Crippen molar-refractivity contribution in [2.45, 2.75) is 44.3 Å². The number of imide groups is 1. The van der Waals surface area contributed by atoms with Crippen LogP contribution < -0.4 is 10.6 Å². The summed E-state index contributed by atoms with van der Waals surface area (Å²) >= 11 is 0. The molecule has 0 saturated carbocycles. The fourth-order valence-corrected chi connectivity index (χ4v) is 4.66. The van der Waals surface area contributed by atoms with E-state index in [1.807, 2.05) is 18.2 Å². The summed E-state index contributed by atoms with van der Waals surface area (Å²) in [6, 6.07) is 12.5. The standard InChI is InChI=1S/C23H21N3O4/c27-20-10-9-19(22(29)25-20)26-12-15-11-14(5-7-17(15)23(26)30)21(28)24-18-8-6-13-3-1-2-4-16(13)18/h1-5,7,11,18-19H,6,8-10,12H2,(H,24,28)(H,25,27,29)/t18-,19?/m0/s1. The number of nitrogens with zero attached hydrogens (tertiary/aromatic N) is 1. The van der Waals surface area contributed by atoms with E-state index in [1.165, 1.54) is 10.5 Å². The lowest BCUT2D eigenvalue weighted by molar-refractivity contribution is -0.136. The van der Waals surface area contributed by atoms with Crippen LogP contribution in [0.25, 0.3) is 0 Å². The molecule has 2 atom stereocenters. The average molecular weight is 403 g/mol. The van der Waals surface area contributed by atoms with Crippen molar-refractivity contribution in [2.75, 3.05) is 0 Å². The Hall–Kier alpha value is -3.48. The van der Waals surface area contributed by atoms with Gasteiger partial charge in [-0.15, -0.1) is 0 Å². The first-order valence-electron chi connectivity index (χ1n) is 10.2. The highest BCUT2D eigenvalue weighted by Gasteiger charge is 2.39. The predicted octanol–water partition coefficient (Wildman–Crippen LogP) is 1.86. The summed E-state index contributed by atoms with van der Waals surface area (Å²) in [5, 5.41) is 5.40. The van der Waals surface area contributed by atoms with Gasteiger partial charge in [-0.3, -0.25) is 24.5 Å². The molecule has 2 aliphatic heterocycles. The first-order valence-corrected chi connectivity index (χ1v) is 10.2. The molecule has 2 aromatic rings. The van der Waals surface area contributed by atoms with E-state index < -0.39 is 11.9 Å². The molecule has 2 N–H and O–H groups in total. The molecule has 0 aromatic heterocycles. The number of rotatable bonds is 3. The highest BCUT2D eigenvalue weighted by Crippen LogP contribution is 2.32. The molecule has 4 amide bonds. The van der Waals surface area contributed by atoms with Gasteiger partial charge in [0.15, 0.2) is 0 Å². The first kappa shape index (κ1) is 18.5. The Bertz CT molecular complexity index is 1090. The predicted molar refractivity (Wildman–Crippen MR) is 107 cm³/mol. The van der Waals surface area contributed by atoms with Gasteiger partial charge in [-0.2, -0.15) is 0 Å². The molecule has 1 saturated heterocycles. The van der Waals surface area contributed by atoms with Gasteiger partial charge in [0.1, 0.15) is 6.04 Å². The summed E-state index contributed by atoms with van der Waals surface area (Å²) in [6.07, 6.45) is 2.35. The van der Waals surface area contributed by atoms with E-state index in [-0.39, 0.29) is 36.7 Å². The van der Waals surface area contributed by atoms with E-state index in [1.54, 1.807) is 18.2 Å². The van der Waals surface area contributed by atoms with Crippen molar-refractivity contribution in [3.63, 3.8) is 0 Å². The molecule has 0 radical (unpaired) electrons. The van der Waals surface area contributed by atoms with Crippen molar-refractivity contribution >= 4 is 23.6 Å². The molecule has 0 spiro atoms. The van der Waals surface area contributed by atoms with Crippen LogP contribution in [-0.4, -0.2) is 34.6 Å². The van der Waals surface area contributed by atoms with E-state index in [4.69, 9.17) is 0 Å². The second-order valence-electron chi connectivity index (χ2n) is 8.04. The Morgan fingerprint density at radius 1 is 1.00 bits per heavy atom. The second kappa shape index (κ2) is 7.09. The van der Waals surface area contributed by atoms with Crippen molar-refractivity contribution in [3.05, 3.63) is 70.3 Å². The topological polar surface area (TPSA) is 95.6 Å². The minimum absolute atomic E-state index is 0.0106. The van der Waals surface area contributed by atoms with Crippen molar-refractivity contribution in [1.82, 2.24) is 15.5 Å². The Morgan fingerprint density at radius 3 is 2.67 bits per heavy atom. The molecule has 7 nitrogen and oxygen atoms in total. The summed E-state index contributed by atoms with van der Waals surface area (Å²) in [5.74, 6) is -1.17. The van der Waals surface area contributed by atoms with Crippen molar-refractivity contribution in [1.29, 1.82) is 0 Å². The fraction of sp³-hybridized carbons (Fsp3) is 0.304. The van der Waals surface area contributed by atoms with Crippen LogP contribution in [0.4, 0.5) is 0 Å². The lowest BCUT2D eigenvalue weighted by atomic mass is 10.0. The monoisotopic (exact) mass is 403 g/mol. The molecule has 2 aromatic carbocycles. The SMILES string of the molecule is O=C1CCC(N2Cc3cc(C(=O)N[C@H]4CCc5ccccc54)ccc3C2=O)C(=O)N1. The number of nitrogens with one attached hydrogen (secondary N) is 2. The van der Waals surface area contributed by atoms with Gasteiger partial charge in [0, 0.05) is 24.1 Å². The van der Waals surface area contributed by atoms with Crippen LogP contribution in [-0.2, 0) is 22.6 Å². The molecule has 1 aliphatic carbocycles. The maximum atomic E-state index is 12.9. The van der Waals surface area contributed by atoms with E-state index in [0.717, 1.165) is 24.0 Å². The zero-order valence-electron chi connectivity index (χ0n) is 16.3. The van der Waals surface area contributed by atoms with Crippen LogP contribution in [0.5, 0.6) is 0 Å². The summed E-state index contributed by atoms with van der Waals surface area (Å²) in [6.45, 7) is 0.258. The highest BCUT2D eigenvalue weighted by molar-refractivity contribution is 6.06. The second-order valence-corrected chi connectivity index (χ2v) is 8.04. The van der Waals surface area contributed by atoms with Crippen LogP contribution >= 0.6 is 0 Å². The third-order valence-corrected chi connectivity index (χ3v) is 6.22. The number of fused-ring (bicyclic) bond motifs is 2. The van der Waals surface area contributed by atoms with E-state index in [0.29, 0.717) is 17.5 Å². The normalized spacial score (nSPS) is 22.5. The highest BCUT2D eigenvalue weighted by atomic mass is 16.2. The summed E-state index contributed by atoms with van der Waals surface area (Å²) in [5.41, 5.74) is 4.15. The van der Waals surface area contributed by atoms with E-state index in [9.17, 15) is 19.2 Å². The van der Waals surface area contributed by atoms with Crippen molar-refractivity contribution in [2.24, 2.45) is 0 Å². The summed E-state index contributed by atoms with van der Waals surface area (Å²) in [4.78, 5) is 50.7. The molecular formula is C23H21N3O4. The van der Waals surface area contributed by atoms with Gasteiger partial charge in [-0.1, -0.05) is 24.3 Å². The molecule has 7 heteroatoms. The number of carbonyl (C=O) groups is 4. The minimum Gasteiger partial charge on any atom is -0.345 e.